The zero-order chi connectivity index (χ0) is 21.5. The molecule has 6 heteroatoms. The zero-order valence-corrected chi connectivity index (χ0v) is 17.2. The average Bonchev–Trinajstić information content (AvgIpc) is 2.75. The van der Waals surface area contributed by atoms with Crippen LogP contribution in [0.3, 0.4) is 0 Å². The van der Waals surface area contributed by atoms with E-state index in [0.29, 0.717) is 29.0 Å². The van der Waals surface area contributed by atoms with Crippen LogP contribution >= 0.6 is 11.6 Å². The zero-order valence-electron chi connectivity index (χ0n) is 16.4. The Labute approximate surface area is 179 Å². The normalized spacial score (nSPS) is 11.6. The highest BCUT2D eigenvalue weighted by Gasteiger charge is 2.21. The Bertz CT molecular complexity index is 1000. The van der Waals surface area contributed by atoms with Gasteiger partial charge in [0.05, 0.1) is 0 Å². The summed E-state index contributed by atoms with van der Waals surface area (Å²) < 4.78 is 18.9. The Morgan fingerprint density at radius 1 is 0.933 bits per heavy atom. The molecule has 30 heavy (non-hydrogen) atoms. The lowest BCUT2D eigenvalue weighted by Gasteiger charge is -2.17. The second-order valence-corrected chi connectivity index (χ2v) is 7.18. The van der Waals surface area contributed by atoms with Crippen LogP contribution in [-0.2, 0) is 0 Å². The number of carbonyl (C=O) groups is 2. The number of aryl methyl sites for hydroxylation is 1. The molecule has 0 bridgehead atoms. The molecule has 0 heterocycles. The fraction of sp³-hybridized carbons (Fsp3) is 0.167. The van der Waals surface area contributed by atoms with Crippen LogP contribution in [0.1, 0.15) is 32.7 Å². The summed E-state index contributed by atoms with van der Waals surface area (Å²) in [6.45, 7) is 1.96. The van der Waals surface area contributed by atoms with Gasteiger partial charge in [-0.1, -0.05) is 17.7 Å². The van der Waals surface area contributed by atoms with Gasteiger partial charge in [0.2, 0.25) is 5.78 Å². The van der Waals surface area contributed by atoms with E-state index < -0.39 is 11.9 Å². The van der Waals surface area contributed by atoms with E-state index in [-0.39, 0.29) is 17.6 Å². The smallest absolute Gasteiger partial charge is 0.255 e. The molecule has 0 fully saturated rings. The molecular weight excluding hydrogens is 405 g/mol. The highest BCUT2D eigenvalue weighted by atomic mass is 35.5. The largest absolute Gasteiger partial charge is 0.482 e. The fourth-order valence-corrected chi connectivity index (χ4v) is 3.03. The van der Waals surface area contributed by atoms with E-state index in [1.54, 1.807) is 36.4 Å². The van der Waals surface area contributed by atoms with Gasteiger partial charge in [-0.25, -0.2) is 4.39 Å². The van der Waals surface area contributed by atoms with Crippen molar-refractivity contribution in [3.63, 3.8) is 0 Å². The highest BCUT2D eigenvalue weighted by Crippen LogP contribution is 2.21. The quantitative estimate of drug-likeness (QED) is 0.375. The number of amides is 1. The number of anilines is 1. The molecule has 1 N–H and O–H groups in total. The van der Waals surface area contributed by atoms with Crippen molar-refractivity contribution in [2.75, 3.05) is 11.2 Å². The van der Waals surface area contributed by atoms with Gasteiger partial charge in [0.25, 0.3) is 5.91 Å². The lowest BCUT2D eigenvalue weighted by molar-refractivity contribution is 0.0787. The number of benzene rings is 3. The topological polar surface area (TPSA) is 55.4 Å². The summed E-state index contributed by atoms with van der Waals surface area (Å²) in [6, 6.07) is 19.3. The summed E-state index contributed by atoms with van der Waals surface area (Å²) in [7, 11) is 0. The lowest BCUT2D eigenvalue weighted by Crippen LogP contribution is -2.28. The van der Waals surface area contributed by atoms with Gasteiger partial charge in [-0.05, 0) is 67.6 Å². The molecule has 0 spiro atoms. The minimum atomic E-state index is -0.791. The first-order valence-electron chi connectivity index (χ1n) is 9.47. The van der Waals surface area contributed by atoms with E-state index in [1.165, 1.54) is 24.3 Å². The maximum atomic E-state index is 13.1. The van der Waals surface area contributed by atoms with Gasteiger partial charge in [-0.3, -0.25) is 9.59 Å². The maximum absolute atomic E-state index is 13.1. The van der Waals surface area contributed by atoms with Crippen LogP contribution in [0, 0.1) is 12.7 Å². The van der Waals surface area contributed by atoms with Crippen molar-refractivity contribution in [2.24, 2.45) is 0 Å². The predicted octanol–water partition coefficient (Wildman–Crippen LogP) is 5.65. The monoisotopic (exact) mass is 425 g/mol. The van der Waals surface area contributed by atoms with Crippen molar-refractivity contribution in [3.8, 4) is 5.75 Å². The highest BCUT2D eigenvalue weighted by molar-refractivity contribution is 6.18. The molecular formula is C24H21ClFNO3. The summed E-state index contributed by atoms with van der Waals surface area (Å²) in [5.74, 6) is -0.191. The SMILES string of the molecule is Cc1ccc(C(=O)Nc2ccc(OC(CCCl)C(=O)c3ccc(F)cc3)cc2)cc1. The van der Waals surface area contributed by atoms with Crippen LogP contribution in [0.2, 0.25) is 0 Å². The van der Waals surface area contributed by atoms with Gasteiger partial charge in [0, 0.05) is 29.1 Å². The fourth-order valence-electron chi connectivity index (χ4n) is 2.83. The van der Waals surface area contributed by atoms with Crippen molar-refractivity contribution in [1.82, 2.24) is 0 Å². The Morgan fingerprint density at radius 2 is 1.53 bits per heavy atom. The minimum absolute atomic E-state index is 0.213. The van der Waals surface area contributed by atoms with Crippen LogP contribution in [0.4, 0.5) is 10.1 Å². The molecule has 0 aliphatic rings. The first kappa shape index (κ1) is 21.5. The van der Waals surface area contributed by atoms with Gasteiger partial charge in [0.15, 0.2) is 6.10 Å². The molecule has 0 radical (unpaired) electrons. The summed E-state index contributed by atoms with van der Waals surface area (Å²) >= 11 is 5.83. The standard InChI is InChI=1S/C24H21ClFNO3/c1-16-2-4-18(5-3-16)24(29)27-20-10-12-21(13-11-20)30-22(14-15-25)23(28)17-6-8-19(26)9-7-17/h2-13,22H,14-15H2,1H3,(H,27,29). The predicted molar refractivity (Wildman–Crippen MR) is 116 cm³/mol. The molecule has 0 aliphatic heterocycles. The van der Waals surface area contributed by atoms with Crippen molar-refractivity contribution in [3.05, 3.63) is 95.3 Å². The molecule has 3 aromatic carbocycles. The van der Waals surface area contributed by atoms with Crippen LogP contribution in [0.15, 0.2) is 72.8 Å². The summed E-state index contributed by atoms with van der Waals surface area (Å²) in [5, 5.41) is 2.82. The Hall–Kier alpha value is -3.18. The lowest BCUT2D eigenvalue weighted by atomic mass is 10.0. The Morgan fingerprint density at radius 3 is 2.13 bits per heavy atom. The van der Waals surface area contributed by atoms with Crippen LogP contribution in [0.25, 0.3) is 0 Å². The number of nitrogens with one attached hydrogen (secondary N) is 1. The van der Waals surface area contributed by atoms with Crippen molar-refractivity contribution < 1.29 is 18.7 Å². The molecule has 3 aromatic rings. The minimum Gasteiger partial charge on any atom is -0.482 e. The molecule has 0 saturated heterocycles. The van der Waals surface area contributed by atoms with Gasteiger partial charge in [-0.2, -0.15) is 0 Å². The second kappa shape index (κ2) is 10.0. The number of hydrogen-bond donors (Lipinski definition) is 1. The number of carbonyl (C=O) groups excluding carboxylic acids is 2. The second-order valence-electron chi connectivity index (χ2n) is 6.80. The Kier molecular flexibility index (Phi) is 7.20. The average molecular weight is 426 g/mol. The van der Waals surface area contributed by atoms with Gasteiger partial charge in [0.1, 0.15) is 11.6 Å². The number of ketones is 1. The van der Waals surface area contributed by atoms with Gasteiger partial charge >= 0.3 is 0 Å². The molecule has 1 amide bonds. The van der Waals surface area contributed by atoms with Gasteiger partial charge < -0.3 is 10.1 Å². The third-order valence-corrected chi connectivity index (χ3v) is 4.71. The number of Topliss-reactive ketones (excluding diaryl/α,β-unsaturated/α-hetero) is 1. The summed E-state index contributed by atoms with van der Waals surface area (Å²) in [5.41, 5.74) is 2.60. The van der Waals surface area contributed by atoms with E-state index in [1.807, 2.05) is 19.1 Å². The molecule has 1 atom stereocenters. The van der Waals surface area contributed by atoms with Crippen LogP contribution in [0.5, 0.6) is 5.75 Å². The molecule has 4 nitrogen and oxygen atoms in total. The first-order valence-corrected chi connectivity index (χ1v) is 10.00. The summed E-state index contributed by atoms with van der Waals surface area (Å²) in [6.07, 6.45) is -0.482. The van der Waals surface area contributed by atoms with Crippen molar-refractivity contribution in [2.45, 2.75) is 19.4 Å². The van der Waals surface area contributed by atoms with Gasteiger partial charge in [-0.15, -0.1) is 11.6 Å². The van der Waals surface area contributed by atoms with Crippen LogP contribution < -0.4 is 10.1 Å². The number of halogens is 2. The number of rotatable bonds is 8. The summed E-state index contributed by atoms with van der Waals surface area (Å²) in [4.78, 5) is 25.0. The third-order valence-electron chi connectivity index (χ3n) is 4.50. The molecule has 0 aromatic heterocycles. The number of hydrogen-bond acceptors (Lipinski definition) is 3. The van der Waals surface area contributed by atoms with Crippen molar-refractivity contribution in [1.29, 1.82) is 0 Å². The molecule has 154 valence electrons. The van der Waals surface area contributed by atoms with E-state index in [2.05, 4.69) is 5.32 Å². The third kappa shape index (κ3) is 5.67. The molecule has 3 rings (SSSR count). The molecule has 0 aliphatic carbocycles. The molecule has 1 unspecified atom stereocenters. The number of alkyl halides is 1. The molecule has 0 saturated carbocycles. The van der Waals surface area contributed by atoms with E-state index in [9.17, 15) is 14.0 Å². The first-order chi connectivity index (χ1) is 14.5. The number of ether oxygens (including phenoxy) is 1. The maximum Gasteiger partial charge on any atom is 0.255 e. The Balaban J connectivity index is 1.66. The van der Waals surface area contributed by atoms with E-state index in [4.69, 9.17) is 16.3 Å². The van der Waals surface area contributed by atoms with Crippen LogP contribution in [-0.4, -0.2) is 23.7 Å². The van der Waals surface area contributed by atoms with E-state index in [0.717, 1.165) is 5.56 Å². The van der Waals surface area contributed by atoms with Crippen molar-refractivity contribution >= 4 is 29.0 Å². The van der Waals surface area contributed by atoms with E-state index >= 15 is 0 Å².